The van der Waals surface area contributed by atoms with E-state index >= 15 is 0 Å². The first-order valence-corrected chi connectivity index (χ1v) is 8.45. The number of carbonyl (C=O) groups excluding carboxylic acids is 3. The van der Waals surface area contributed by atoms with Crippen LogP contribution in [0.2, 0.25) is 0 Å². The van der Waals surface area contributed by atoms with Crippen molar-refractivity contribution in [2.45, 2.75) is 52.4 Å². The third-order valence-electron chi connectivity index (χ3n) is 2.44. The Labute approximate surface area is 163 Å². The maximum atomic E-state index is 11.0. The molecule has 0 radical (unpaired) electrons. The number of nitrogens with one attached hydrogen (secondary N) is 2. The van der Waals surface area contributed by atoms with Crippen molar-refractivity contribution in [1.29, 1.82) is 4.78 Å². The zero-order valence-electron chi connectivity index (χ0n) is 15.6. The number of imide groups is 1. The third kappa shape index (κ3) is 19.7. The first-order chi connectivity index (χ1) is 12.7. The van der Waals surface area contributed by atoms with E-state index < -0.39 is 29.7 Å². The monoisotopic (exact) mass is 409 g/mol. The lowest BCUT2D eigenvalue weighted by molar-refractivity contribution is -0.197. The number of carbonyl (C=O) groups is 5. The Bertz CT molecular complexity index is 456. The number of carboxylic acid groups (broad SMARTS) is 2. The van der Waals surface area contributed by atoms with Gasteiger partial charge in [-0.25, -0.2) is 9.57 Å². The molecule has 0 saturated carbocycles. The second kappa shape index (κ2) is 19.8. The Morgan fingerprint density at radius 2 is 1.48 bits per heavy atom. The molecule has 1 rings (SSSR count). The van der Waals surface area contributed by atoms with Crippen LogP contribution in [-0.2, 0) is 41.2 Å². The van der Waals surface area contributed by atoms with Gasteiger partial charge in [0.2, 0.25) is 0 Å². The molecule has 1 aliphatic heterocycles. The molecule has 0 aromatic rings. The Hall–Kier alpha value is -2.47. The molecular formula is C15H27N3O8S. The molecule has 1 fully saturated rings. The van der Waals surface area contributed by atoms with Crippen molar-refractivity contribution >= 4 is 42.1 Å². The predicted octanol–water partition coefficient (Wildman–Crippen LogP) is 0.851. The van der Waals surface area contributed by atoms with Gasteiger partial charge in [0.15, 0.2) is 0 Å². The van der Waals surface area contributed by atoms with Gasteiger partial charge in [-0.05, 0) is 19.9 Å². The highest BCUT2D eigenvalue weighted by atomic mass is 32.1. The normalized spacial score (nSPS) is 11.7. The second-order valence-corrected chi connectivity index (χ2v) is 4.86. The molecular weight excluding hydrogens is 382 g/mol. The van der Waals surface area contributed by atoms with Gasteiger partial charge in [0, 0.05) is 38.1 Å². The summed E-state index contributed by atoms with van der Waals surface area (Å²) in [5.41, 5.74) is 0. The van der Waals surface area contributed by atoms with Gasteiger partial charge in [0.25, 0.3) is 11.8 Å². The molecule has 0 bridgehead atoms. The van der Waals surface area contributed by atoms with Crippen LogP contribution in [0.4, 0.5) is 0 Å². The van der Waals surface area contributed by atoms with E-state index in [1.54, 1.807) is 7.05 Å². The summed E-state index contributed by atoms with van der Waals surface area (Å²) in [5, 5.41) is 18.8. The largest absolute Gasteiger partial charge is 0.481 e. The lowest BCUT2D eigenvalue weighted by atomic mass is 10.3. The molecule has 2 amide bonds. The minimum atomic E-state index is -0.822. The van der Waals surface area contributed by atoms with Gasteiger partial charge < -0.3 is 20.4 Å². The summed E-state index contributed by atoms with van der Waals surface area (Å²) in [5.74, 6) is -2.94. The van der Waals surface area contributed by atoms with Crippen molar-refractivity contribution in [3.8, 4) is 0 Å². The van der Waals surface area contributed by atoms with Crippen LogP contribution in [-0.4, -0.2) is 58.6 Å². The van der Waals surface area contributed by atoms with Crippen molar-refractivity contribution in [1.82, 2.24) is 10.4 Å². The number of likely N-dealkylation sites (N-methyl/N-ethyl adjacent to an activating group) is 1. The highest BCUT2D eigenvalue weighted by Gasteiger charge is 2.32. The highest BCUT2D eigenvalue weighted by molar-refractivity contribution is 7.45. The molecule has 27 heavy (non-hydrogen) atoms. The fourth-order valence-electron chi connectivity index (χ4n) is 1.37. The molecule has 0 unspecified atom stereocenters. The molecule has 4 N–H and O–H groups in total. The Balaban J connectivity index is -0.000000347. The van der Waals surface area contributed by atoms with E-state index in [2.05, 4.69) is 22.6 Å². The van der Waals surface area contributed by atoms with Crippen LogP contribution in [0.1, 0.15) is 52.4 Å². The molecule has 0 aromatic carbocycles. The standard InChI is InChI=1S/C8H11NO4.C4H8O2.C3H7NO2.HNS/c1-2-3-8(12)13-9-6(10)4-5-7(9)11;1-2-3-4(5)6;1-4-2-3(5)6;1-2/h2-5H2,1H3;2-3H2,1H3,(H,5,6);4H,2H2,1H3,(H,5,6);1H. The fourth-order valence-corrected chi connectivity index (χ4v) is 1.37. The van der Waals surface area contributed by atoms with Crippen molar-refractivity contribution < 1.29 is 39.0 Å². The molecule has 0 atom stereocenters. The first kappa shape index (κ1) is 29.3. The smallest absolute Gasteiger partial charge is 0.333 e. The van der Waals surface area contributed by atoms with Crippen LogP contribution < -0.4 is 5.32 Å². The van der Waals surface area contributed by atoms with Crippen molar-refractivity contribution in [2.75, 3.05) is 13.6 Å². The van der Waals surface area contributed by atoms with Crippen LogP contribution in [0.15, 0.2) is 0 Å². The summed E-state index contributed by atoms with van der Waals surface area (Å²) in [7, 11) is 1.59. The van der Waals surface area contributed by atoms with E-state index in [0.717, 1.165) is 6.42 Å². The van der Waals surface area contributed by atoms with Crippen molar-refractivity contribution in [3.05, 3.63) is 0 Å². The van der Waals surface area contributed by atoms with Gasteiger partial charge in [0.1, 0.15) is 0 Å². The number of rotatable bonds is 7. The number of aliphatic carboxylic acids is 2. The van der Waals surface area contributed by atoms with Crippen LogP contribution in [0.25, 0.3) is 0 Å². The average molecular weight is 409 g/mol. The molecule has 12 heteroatoms. The summed E-state index contributed by atoms with van der Waals surface area (Å²) in [6.07, 6.45) is 2.15. The molecule has 1 heterocycles. The zero-order valence-corrected chi connectivity index (χ0v) is 16.5. The van der Waals surface area contributed by atoms with Crippen molar-refractivity contribution in [2.24, 2.45) is 0 Å². The van der Waals surface area contributed by atoms with E-state index in [1.807, 2.05) is 13.8 Å². The van der Waals surface area contributed by atoms with E-state index in [-0.39, 0.29) is 25.8 Å². The zero-order chi connectivity index (χ0) is 21.8. The molecule has 0 aromatic heterocycles. The maximum absolute atomic E-state index is 11.0. The van der Waals surface area contributed by atoms with Gasteiger partial charge in [0.05, 0.1) is 6.54 Å². The highest BCUT2D eigenvalue weighted by Crippen LogP contribution is 2.12. The minimum absolute atomic E-state index is 0.0417. The molecule has 1 saturated heterocycles. The minimum Gasteiger partial charge on any atom is -0.481 e. The van der Waals surface area contributed by atoms with Crippen LogP contribution in [0, 0.1) is 4.78 Å². The van der Waals surface area contributed by atoms with E-state index in [9.17, 15) is 24.0 Å². The van der Waals surface area contributed by atoms with E-state index in [4.69, 9.17) is 15.0 Å². The van der Waals surface area contributed by atoms with E-state index in [0.29, 0.717) is 17.9 Å². The van der Waals surface area contributed by atoms with Gasteiger partial charge in [-0.15, -0.1) is 5.06 Å². The fraction of sp³-hybridized carbons (Fsp3) is 0.667. The van der Waals surface area contributed by atoms with Gasteiger partial charge in [-0.2, -0.15) is 0 Å². The Morgan fingerprint density at radius 3 is 1.70 bits per heavy atom. The van der Waals surface area contributed by atoms with Gasteiger partial charge >= 0.3 is 17.9 Å². The number of hydrogen-bond donors (Lipinski definition) is 4. The summed E-state index contributed by atoms with van der Waals surface area (Å²) >= 11 is 3.33. The number of hydroxylamine groups is 2. The number of amides is 2. The van der Waals surface area contributed by atoms with Crippen molar-refractivity contribution in [3.63, 3.8) is 0 Å². The lowest BCUT2D eigenvalue weighted by Gasteiger charge is -2.11. The Morgan fingerprint density at radius 1 is 1.04 bits per heavy atom. The van der Waals surface area contributed by atoms with Crippen LogP contribution >= 0.6 is 0 Å². The quantitative estimate of drug-likeness (QED) is 0.441. The second-order valence-electron chi connectivity index (χ2n) is 4.86. The van der Waals surface area contributed by atoms with E-state index in [1.165, 1.54) is 0 Å². The average Bonchev–Trinajstić information content (AvgIpc) is 2.90. The summed E-state index contributed by atoms with van der Waals surface area (Å²) in [6.45, 7) is 3.70. The van der Waals surface area contributed by atoms with Gasteiger partial charge in [-0.1, -0.05) is 13.8 Å². The number of carboxylic acids is 2. The lowest BCUT2D eigenvalue weighted by Crippen LogP contribution is -2.31. The molecule has 156 valence electrons. The summed E-state index contributed by atoms with van der Waals surface area (Å²) < 4.78 is 5.33. The molecule has 0 aliphatic carbocycles. The predicted molar refractivity (Wildman–Crippen MR) is 96.3 cm³/mol. The van der Waals surface area contributed by atoms with Crippen LogP contribution in [0.5, 0.6) is 0 Å². The maximum Gasteiger partial charge on any atom is 0.333 e. The molecule has 1 aliphatic rings. The topological polar surface area (TPSA) is 174 Å². The number of nitrogens with zero attached hydrogens (tertiary/aromatic N) is 1. The summed E-state index contributed by atoms with van der Waals surface area (Å²) in [4.78, 5) is 56.5. The molecule has 11 nitrogen and oxygen atoms in total. The third-order valence-corrected chi connectivity index (χ3v) is 2.44. The Kier molecular flexibility index (Phi) is 21.5. The molecule has 0 spiro atoms. The van der Waals surface area contributed by atoms with Gasteiger partial charge in [-0.3, -0.25) is 19.2 Å². The SMILES string of the molecule is CCCC(=O)O.CCCC(=O)ON1C(=O)CCC1=O.CNCC(=O)O.N=S. The first-order valence-electron chi connectivity index (χ1n) is 8.04. The summed E-state index contributed by atoms with van der Waals surface area (Å²) in [6, 6.07) is 0. The van der Waals surface area contributed by atoms with Crippen LogP contribution in [0.3, 0.4) is 0 Å². The number of hydrogen-bond acceptors (Lipinski definition) is 9.